The second kappa shape index (κ2) is 6.63. The number of halogens is 1. The lowest BCUT2D eigenvalue weighted by Gasteiger charge is -2.44. The number of hydrogen-bond acceptors (Lipinski definition) is 1. The molecule has 3 heteroatoms. The Morgan fingerprint density at radius 1 is 1.23 bits per heavy atom. The first-order chi connectivity index (χ1) is 14.0. The van der Waals surface area contributed by atoms with E-state index in [1.54, 1.807) is 0 Å². The van der Waals surface area contributed by atoms with Crippen LogP contribution >= 0.6 is 11.6 Å². The quantitative estimate of drug-likeness (QED) is 0.380. The molecule has 0 radical (unpaired) electrons. The summed E-state index contributed by atoms with van der Waals surface area (Å²) in [5.74, 6) is 0.200. The van der Waals surface area contributed by atoms with Crippen LogP contribution < -0.4 is 0 Å². The lowest BCUT2D eigenvalue weighted by molar-refractivity contribution is 0.307. The number of benzene rings is 1. The molecule has 0 amide bonds. The van der Waals surface area contributed by atoms with Gasteiger partial charge in [-0.05, 0) is 55.2 Å². The number of hydrogen-bond donors (Lipinski definition) is 1. The van der Waals surface area contributed by atoms with Crippen molar-refractivity contribution in [3.05, 3.63) is 65.9 Å². The van der Waals surface area contributed by atoms with Crippen molar-refractivity contribution in [1.82, 2.24) is 4.98 Å². The molecule has 1 heterocycles. The van der Waals surface area contributed by atoms with Crippen LogP contribution in [0.25, 0.3) is 16.5 Å². The number of nitriles is 1. The Morgan fingerprint density at radius 3 is 2.57 bits per heavy atom. The van der Waals surface area contributed by atoms with Crippen LogP contribution in [0.4, 0.5) is 0 Å². The molecule has 4 rings (SSSR count). The molecule has 1 aromatic heterocycles. The molecule has 1 aromatic carbocycles. The molecule has 0 aliphatic heterocycles. The molecule has 1 N–H and O–H groups in total. The summed E-state index contributed by atoms with van der Waals surface area (Å²) < 4.78 is 0. The van der Waals surface area contributed by atoms with E-state index in [1.807, 2.05) is 6.08 Å². The third kappa shape index (κ3) is 2.68. The van der Waals surface area contributed by atoms with E-state index in [2.05, 4.69) is 83.1 Å². The second-order valence-electron chi connectivity index (χ2n) is 10.4. The molecule has 30 heavy (non-hydrogen) atoms. The van der Waals surface area contributed by atoms with Gasteiger partial charge in [0.2, 0.25) is 0 Å². The van der Waals surface area contributed by atoms with Gasteiger partial charge in [-0.3, -0.25) is 0 Å². The van der Waals surface area contributed by atoms with Crippen molar-refractivity contribution in [2.45, 2.75) is 63.7 Å². The fraction of sp³-hybridized carbons (Fsp3) is 0.444. The van der Waals surface area contributed by atoms with Crippen molar-refractivity contribution in [3.8, 4) is 6.07 Å². The van der Waals surface area contributed by atoms with E-state index in [1.165, 1.54) is 16.5 Å². The van der Waals surface area contributed by atoms with Crippen molar-refractivity contribution in [1.29, 1.82) is 5.26 Å². The maximum atomic E-state index is 10.1. The summed E-state index contributed by atoms with van der Waals surface area (Å²) in [6.07, 6.45) is 5.53. The number of aromatic amines is 1. The maximum Gasteiger partial charge on any atom is 0.0953 e. The smallest absolute Gasteiger partial charge is 0.0953 e. The molecule has 156 valence electrons. The largest absolute Gasteiger partial charge is 0.357 e. The summed E-state index contributed by atoms with van der Waals surface area (Å²) in [4.78, 5) is 3.68. The third-order valence-electron chi connectivity index (χ3n) is 7.92. The van der Waals surface area contributed by atoms with Crippen molar-refractivity contribution >= 4 is 28.1 Å². The van der Waals surface area contributed by atoms with Gasteiger partial charge in [-0.2, -0.15) is 5.26 Å². The number of nitrogens with one attached hydrogen (secondary N) is 1. The molecular weight excluding hydrogens is 388 g/mol. The zero-order chi connectivity index (χ0) is 22.1. The standard InChI is InChI=1S/C27H31ClN2/c1-8-27(7)13-12-17(15-29)25(3,4)24-22-16(2)19(14-21(27)28)26(5,6)18-10-9-11-20(30-24)23(18)22/h8-12,19,21,30H,1-2,13-14H2,3-7H3/b17-12-/t19-,21?,27+/m0/s1. The van der Waals surface area contributed by atoms with Crippen molar-refractivity contribution in [2.75, 3.05) is 0 Å². The van der Waals surface area contributed by atoms with Gasteiger partial charge in [-0.15, -0.1) is 18.2 Å². The highest BCUT2D eigenvalue weighted by atomic mass is 35.5. The van der Waals surface area contributed by atoms with Crippen molar-refractivity contribution in [2.24, 2.45) is 11.3 Å². The molecule has 2 aromatic rings. The summed E-state index contributed by atoms with van der Waals surface area (Å²) in [7, 11) is 0. The van der Waals surface area contributed by atoms with Gasteiger partial charge >= 0.3 is 0 Å². The fourth-order valence-corrected chi connectivity index (χ4v) is 5.88. The van der Waals surface area contributed by atoms with Gasteiger partial charge in [0, 0.05) is 43.9 Å². The highest BCUT2D eigenvalue weighted by Crippen LogP contribution is 2.55. The Morgan fingerprint density at radius 2 is 1.93 bits per heavy atom. The van der Waals surface area contributed by atoms with Gasteiger partial charge in [0.1, 0.15) is 0 Å². The van der Waals surface area contributed by atoms with E-state index in [4.69, 9.17) is 11.6 Å². The molecule has 2 aliphatic carbocycles. The molecule has 0 saturated carbocycles. The number of allylic oxidation sites excluding steroid dienone is 4. The molecule has 3 atom stereocenters. The average Bonchev–Trinajstić information content (AvgIpc) is 3.10. The predicted molar refractivity (Wildman–Crippen MR) is 128 cm³/mol. The SMILES string of the molecule is C=C[C@]1(C)C/C=C(/C#N)C(C)(C)c2[nH]c3cccc4c3c2C(=C)[C@H](CC1Cl)C4(C)C. The number of alkyl halides is 1. The van der Waals surface area contributed by atoms with Crippen LogP contribution in [0, 0.1) is 22.7 Å². The second-order valence-corrected chi connectivity index (χ2v) is 10.9. The number of H-pyrrole nitrogens is 1. The topological polar surface area (TPSA) is 39.6 Å². The van der Waals surface area contributed by atoms with Gasteiger partial charge in [-0.25, -0.2) is 0 Å². The summed E-state index contributed by atoms with van der Waals surface area (Å²) >= 11 is 7.10. The van der Waals surface area contributed by atoms with E-state index >= 15 is 0 Å². The van der Waals surface area contributed by atoms with Crippen molar-refractivity contribution in [3.63, 3.8) is 0 Å². The molecule has 2 aliphatic rings. The Balaban J connectivity index is 2.12. The van der Waals surface area contributed by atoms with E-state index in [9.17, 15) is 5.26 Å². The van der Waals surface area contributed by atoms with Gasteiger partial charge in [0.05, 0.1) is 6.07 Å². The van der Waals surface area contributed by atoms with E-state index in [0.29, 0.717) is 6.42 Å². The van der Waals surface area contributed by atoms with Crippen LogP contribution in [-0.4, -0.2) is 10.4 Å². The first-order valence-corrected chi connectivity index (χ1v) is 11.2. The number of rotatable bonds is 1. The fourth-order valence-electron chi connectivity index (χ4n) is 5.52. The Labute approximate surface area is 185 Å². The molecule has 0 saturated heterocycles. The average molecular weight is 419 g/mol. The molecule has 2 bridgehead atoms. The first kappa shape index (κ1) is 21.0. The van der Waals surface area contributed by atoms with E-state index < -0.39 is 5.41 Å². The number of nitrogens with zero attached hydrogens (tertiary/aromatic N) is 1. The number of fused-ring (bicyclic) bond motifs is 1. The van der Waals surface area contributed by atoms with Gasteiger partial charge in [0.15, 0.2) is 0 Å². The molecule has 0 spiro atoms. The van der Waals surface area contributed by atoms with Crippen LogP contribution in [0.15, 0.2) is 49.1 Å². The minimum atomic E-state index is -0.469. The molecule has 1 unspecified atom stereocenters. The molecule has 2 nitrogen and oxygen atoms in total. The minimum absolute atomic E-state index is 0.0953. The zero-order valence-corrected chi connectivity index (χ0v) is 19.5. The lowest BCUT2D eigenvalue weighted by atomic mass is 9.61. The third-order valence-corrected chi connectivity index (χ3v) is 8.60. The highest BCUT2D eigenvalue weighted by Gasteiger charge is 2.46. The Hall–Kier alpha value is -2.24. The highest BCUT2D eigenvalue weighted by molar-refractivity contribution is 6.21. The minimum Gasteiger partial charge on any atom is -0.357 e. The van der Waals surface area contributed by atoms with Crippen LogP contribution in [0.1, 0.15) is 64.3 Å². The van der Waals surface area contributed by atoms with Crippen LogP contribution in [-0.2, 0) is 10.8 Å². The zero-order valence-electron chi connectivity index (χ0n) is 18.7. The summed E-state index contributed by atoms with van der Waals surface area (Å²) in [6, 6.07) is 8.98. The van der Waals surface area contributed by atoms with Crippen molar-refractivity contribution < 1.29 is 0 Å². The van der Waals surface area contributed by atoms with E-state index in [0.717, 1.165) is 28.8 Å². The van der Waals surface area contributed by atoms with Crippen LogP contribution in [0.2, 0.25) is 0 Å². The Kier molecular flexibility index (Phi) is 4.64. The van der Waals surface area contributed by atoms with E-state index in [-0.39, 0.29) is 22.1 Å². The van der Waals surface area contributed by atoms with Crippen LogP contribution in [0.3, 0.4) is 0 Å². The first-order valence-electron chi connectivity index (χ1n) is 10.7. The lowest BCUT2D eigenvalue weighted by Crippen LogP contribution is -2.37. The molecule has 0 fully saturated rings. The Bertz CT molecular complexity index is 1140. The normalized spacial score (nSPS) is 31.5. The summed E-state index contributed by atoms with van der Waals surface area (Å²) in [5.41, 5.74) is 5.72. The van der Waals surface area contributed by atoms with Crippen LogP contribution in [0.5, 0.6) is 0 Å². The maximum absolute atomic E-state index is 10.1. The summed E-state index contributed by atoms with van der Waals surface area (Å²) in [6.45, 7) is 19.8. The predicted octanol–water partition coefficient (Wildman–Crippen LogP) is 7.41. The summed E-state index contributed by atoms with van der Waals surface area (Å²) in [5, 5.41) is 11.2. The number of aromatic nitrogens is 1. The van der Waals surface area contributed by atoms with Gasteiger partial charge in [0.25, 0.3) is 0 Å². The van der Waals surface area contributed by atoms with Gasteiger partial charge in [-0.1, -0.05) is 51.6 Å². The monoisotopic (exact) mass is 418 g/mol. The molecular formula is C27H31ClN2. The van der Waals surface area contributed by atoms with Gasteiger partial charge < -0.3 is 4.98 Å².